The van der Waals surface area contributed by atoms with Crippen molar-refractivity contribution in [3.63, 3.8) is 0 Å². The van der Waals surface area contributed by atoms with Gasteiger partial charge in [-0.15, -0.1) is 0 Å². The smallest absolute Gasteiger partial charge is 0.326 e. The third-order valence-corrected chi connectivity index (χ3v) is 2.20. The highest BCUT2D eigenvalue weighted by Crippen LogP contribution is 2.11. The molecule has 1 unspecified atom stereocenters. The molecule has 0 aromatic carbocycles. The van der Waals surface area contributed by atoms with Gasteiger partial charge in [0.05, 0.1) is 19.0 Å². The van der Waals surface area contributed by atoms with Crippen molar-refractivity contribution in [1.82, 2.24) is 0 Å². The third-order valence-electron chi connectivity index (χ3n) is 2.20. The number of hydrogen-bond donors (Lipinski definition) is 3. The van der Waals surface area contributed by atoms with E-state index in [1.54, 1.807) is 6.92 Å². The summed E-state index contributed by atoms with van der Waals surface area (Å²) in [6.07, 6.45) is 4.54. The lowest BCUT2D eigenvalue weighted by atomic mass is 9.96. The number of methoxy groups -OCH3 is 1. The van der Waals surface area contributed by atoms with E-state index in [0.29, 0.717) is 25.2 Å². The fourth-order valence-corrected chi connectivity index (χ4v) is 1.23. The lowest BCUT2D eigenvalue weighted by molar-refractivity contribution is -0.145. The van der Waals surface area contributed by atoms with Gasteiger partial charge in [0.25, 0.3) is 0 Å². The summed E-state index contributed by atoms with van der Waals surface area (Å²) in [6.45, 7) is 2.20. The van der Waals surface area contributed by atoms with Crippen LogP contribution in [0, 0.1) is 0 Å². The van der Waals surface area contributed by atoms with Gasteiger partial charge in [-0.2, -0.15) is 0 Å². The van der Waals surface area contributed by atoms with Crippen LogP contribution in [-0.2, 0) is 9.53 Å². The molecular formula is C11H21N3O3. The van der Waals surface area contributed by atoms with Gasteiger partial charge in [-0.25, -0.2) is 0 Å². The van der Waals surface area contributed by atoms with Crippen LogP contribution in [-0.4, -0.2) is 42.7 Å². The van der Waals surface area contributed by atoms with E-state index in [-0.39, 0.29) is 6.61 Å². The molecule has 0 aromatic rings. The Labute approximate surface area is 101 Å². The van der Waals surface area contributed by atoms with Gasteiger partial charge in [-0.1, -0.05) is 12.2 Å². The highest BCUT2D eigenvalue weighted by molar-refractivity contribution is 5.78. The zero-order valence-corrected chi connectivity index (χ0v) is 10.3. The summed E-state index contributed by atoms with van der Waals surface area (Å²) in [6, 6.07) is 0. The number of carboxylic acids is 1. The van der Waals surface area contributed by atoms with Crippen molar-refractivity contribution in [3.8, 4) is 0 Å². The van der Waals surface area contributed by atoms with E-state index in [1.807, 2.05) is 12.2 Å². The number of rotatable bonds is 8. The van der Waals surface area contributed by atoms with Crippen LogP contribution >= 0.6 is 0 Å². The van der Waals surface area contributed by atoms with E-state index in [9.17, 15) is 4.79 Å². The largest absolute Gasteiger partial charge is 0.480 e. The molecule has 6 heteroatoms. The van der Waals surface area contributed by atoms with Gasteiger partial charge in [0.15, 0.2) is 0 Å². The number of carbonyl (C=O) groups is 1. The number of carboxylic acid groups (broad SMARTS) is 1. The Kier molecular flexibility index (Phi) is 7.16. The maximum Gasteiger partial charge on any atom is 0.326 e. The Bertz CT molecular complexity index is 298. The van der Waals surface area contributed by atoms with Crippen molar-refractivity contribution >= 4 is 11.8 Å². The molecule has 0 saturated heterocycles. The van der Waals surface area contributed by atoms with E-state index in [2.05, 4.69) is 4.99 Å². The number of nitrogens with two attached hydrogens (primary N) is 2. The predicted octanol–water partition coefficient (Wildman–Crippen LogP) is 0.128. The zero-order valence-electron chi connectivity index (χ0n) is 10.3. The number of allylic oxidation sites excluding steroid dienone is 1. The molecule has 0 spiro atoms. The molecule has 0 saturated carbocycles. The average molecular weight is 243 g/mol. The molecule has 17 heavy (non-hydrogen) atoms. The lowest BCUT2D eigenvalue weighted by Crippen LogP contribution is -2.51. The first-order valence-corrected chi connectivity index (χ1v) is 5.35. The molecule has 98 valence electrons. The van der Waals surface area contributed by atoms with Crippen molar-refractivity contribution in [2.75, 3.05) is 20.3 Å². The summed E-state index contributed by atoms with van der Waals surface area (Å²) >= 11 is 0. The molecule has 0 heterocycles. The van der Waals surface area contributed by atoms with E-state index < -0.39 is 11.5 Å². The fraction of sp³-hybridized carbons (Fsp3) is 0.636. The quantitative estimate of drug-likeness (QED) is 0.319. The molecular weight excluding hydrogens is 222 g/mol. The van der Waals surface area contributed by atoms with E-state index in [4.69, 9.17) is 21.3 Å². The SMILES string of the molecule is COCC(N)(CCC=CCN=C(C)N)C(=O)O. The van der Waals surface area contributed by atoms with E-state index in [0.717, 1.165) is 0 Å². The number of nitrogens with zero attached hydrogens (tertiary/aromatic N) is 1. The van der Waals surface area contributed by atoms with E-state index in [1.165, 1.54) is 7.11 Å². The summed E-state index contributed by atoms with van der Waals surface area (Å²) in [5.41, 5.74) is 9.74. The standard InChI is InChI=1S/C11H21N3O3/c1-9(12)14-7-5-3-4-6-11(13,8-17-2)10(15)16/h3,5H,4,6-8,13H2,1-2H3,(H2,12,14)(H,15,16). The first-order valence-electron chi connectivity index (χ1n) is 5.35. The Hall–Kier alpha value is -1.40. The zero-order chi connectivity index (χ0) is 13.3. The molecule has 0 aromatic heterocycles. The van der Waals surface area contributed by atoms with Gasteiger partial charge in [-0.05, 0) is 19.8 Å². The first kappa shape index (κ1) is 15.6. The summed E-state index contributed by atoms with van der Waals surface area (Å²) in [4.78, 5) is 14.9. The Balaban J connectivity index is 4.07. The van der Waals surface area contributed by atoms with Crippen LogP contribution in [0.15, 0.2) is 17.1 Å². The monoisotopic (exact) mass is 243 g/mol. The normalized spacial score (nSPS) is 16.1. The number of aliphatic carboxylic acids is 1. The van der Waals surface area contributed by atoms with Crippen LogP contribution in [0.2, 0.25) is 0 Å². The van der Waals surface area contributed by atoms with Gasteiger partial charge >= 0.3 is 5.97 Å². The second-order valence-electron chi connectivity index (χ2n) is 3.89. The van der Waals surface area contributed by atoms with Crippen molar-refractivity contribution in [2.45, 2.75) is 25.3 Å². The minimum Gasteiger partial charge on any atom is -0.480 e. The fourth-order valence-electron chi connectivity index (χ4n) is 1.23. The minimum absolute atomic E-state index is 0.00374. The van der Waals surface area contributed by atoms with Gasteiger partial charge in [0.1, 0.15) is 5.54 Å². The lowest BCUT2D eigenvalue weighted by Gasteiger charge is -2.22. The molecule has 0 radical (unpaired) electrons. The number of aliphatic imine (C=N–C) groups is 1. The molecule has 0 aliphatic carbocycles. The number of hydrogen-bond acceptors (Lipinski definition) is 4. The number of amidine groups is 1. The van der Waals surface area contributed by atoms with Crippen LogP contribution in [0.4, 0.5) is 0 Å². The van der Waals surface area contributed by atoms with Gasteiger partial charge in [0, 0.05) is 7.11 Å². The predicted molar refractivity (Wildman–Crippen MR) is 67.0 cm³/mol. The summed E-state index contributed by atoms with van der Waals surface area (Å²) in [5, 5.41) is 8.97. The maximum atomic E-state index is 11.0. The van der Waals surface area contributed by atoms with Crippen LogP contribution in [0.5, 0.6) is 0 Å². The molecule has 5 N–H and O–H groups in total. The van der Waals surface area contributed by atoms with Crippen LogP contribution in [0.25, 0.3) is 0 Å². The van der Waals surface area contributed by atoms with Gasteiger partial charge in [0.2, 0.25) is 0 Å². The Morgan fingerprint density at radius 2 is 2.18 bits per heavy atom. The first-order chi connectivity index (χ1) is 7.92. The van der Waals surface area contributed by atoms with Crippen molar-refractivity contribution in [2.24, 2.45) is 16.5 Å². The molecule has 1 atom stereocenters. The molecule has 0 aliphatic rings. The summed E-state index contributed by atoms with van der Waals surface area (Å²) in [5.74, 6) is -0.531. The summed E-state index contributed by atoms with van der Waals surface area (Å²) in [7, 11) is 1.43. The molecule has 0 bridgehead atoms. The number of ether oxygens (including phenoxy) is 1. The highest BCUT2D eigenvalue weighted by atomic mass is 16.5. The molecule has 0 fully saturated rings. The summed E-state index contributed by atoms with van der Waals surface area (Å²) < 4.78 is 4.81. The molecule has 0 amide bonds. The molecule has 0 rings (SSSR count). The van der Waals surface area contributed by atoms with Gasteiger partial charge in [-0.3, -0.25) is 9.79 Å². The van der Waals surface area contributed by atoms with Crippen LogP contribution in [0.3, 0.4) is 0 Å². The van der Waals surface area contributed by atoms with Crippen LogP contribution in [0.1, 0.15) is 19.8 Å². The highest BCUT2D eigenvalue weighted by Gasteiger charge is 2.32. The third kappa shape index (κ3) is 6.70. The Morgan fingerprint density at radius 3 is 2.65 bits per heavy atom. The second-order valence-corrected chi connectivity index (χ2v) is 3.89. The van der Waals surface area contributed by atoms with Crippen LogP contribution < -0.4 is 11.5 Å². The minimum atomic E-state index is -1.33. The maximum absolute atomic E-state index is 11.0. The van der Waals surface area contributed by atoms with Crippen molar-refractivity contribution < 1.29 is 14.6 Å². The van der Waals surface area contributed by atoms with E-state index >= 15 is 0 Å². The average Bonchev–Trinajstić information content (AvgIpc) is 2.23. The van der Waals surface area contributed by atoms with Crippen molar-refractivity contribution in [3.05, 3.63) is 12.2 Å². The molecule has 6 nitrogen and oxygen atoms in total. The molecule has 0 aliphatic heterocycles. The van der Waals surface area contributed by atoms with Crippen molar-refractivity contribution in [1.29, 1.82) is 0 Å². The Morgan fingerprint density at radius 1 is 1.53 bits per heavy atom. The topological polar surface area (TPSA) is 111 Å². The van der Waals surface area contributed by atoms with Gasteiger partial charge < -0.3 is 21.3 Å². The second kappa shape index (κ2) is 7.81.